The van der Waals surface area contributed by atoms with Crippen LogP contribution in [0.3, 0.4) is 0 Å². The lowest BCUT2D eigenvalue weighted by Gasteiger charge is -2.05. The minimum absolute atomic E-state index is 0.326. The highest BCUT2D eigenvalue weighted by Crippen LogP contribution is 2.10. The summed E-state index contributed by atoms with van der Waals surface area (Å²) in [6, 6.07) is 6.12. The number of rotatable bonds is 3. The van der Waals surface area contributed by atoms with Crippen molar-refractivity contribution in [2.75, 3.05) is 0 Å². The average Bonchev–Trinajstić information content (AvgIpc) is 2.20. The number of nitrogens with two attached hydrogens (primary N) is 1. The molecule has 17 heavy (non-hydrogen) atoms. The molecule has 0 amide bonds. The fraction of sp³-hybridized carbons (Fsp3) is 0.273. The number of hydrogen-bond donors (Lipinski definition) is 3. The van der Waals surface area contributed by atoms with Crippen LogP contribution in [0.1, 0.15) is 12.5 Å². The lowest BCUT2D eigenvalue weighted by Crippen LogP contribution is -2.32. The maximum Gasteiger partial charge on any atom is 0.320 e. The molecule has 1 unspecified atom stereocenters. The van der Waals surface area contributed by atoms with Gasteiger partial charge in [-0.15, -0.1) is 0 Å². The Morgan fingerprint density at radius 3 is 2.06 bits per heavy atom. The second-order valence-electron chi connectivity index (χ2n) is 3.29. The van der Waals surface area contributed by atoms with Crippen LogP contribution in [0.15, 0.2) is 24.3 Å². The van der Waals surface area contributed by atoms with Crippen LogP contribution < -0.4 is 5.73 Å². The number of benzene rings is 1. The highest BCUT2D eigenvalue weighted by atomic mass is 35.5. The van der Waals surface area contributed by atoms with Crippen molar-refractivity contribution in [3.8, 4) is 0 Å². The van der Waals surface area contributed by atoms with Gasteiger partial charge in [-0.1, -0.05) is 23.7 Å². The minimum atomic E-state index is -0.991. The Kier molecular flexibility index (Phi) is 6.93. The van der Waals surface area contributed by atoms with Crippen molar-refractivity contribution >= 4 is 23.5 Å². The summed E-state index contributed by atoms with van der Waals surface area (Å²) >= 11 is 5.66. The molecule has 0 aliphatic carbocycles. The first-order valence-electron chi connectivity index (χ1n) is 4.75. The number of aliphatic carboxylic acids is 2. The molecule has 0 bridgehead atoms. The van der Waals surface area contributed by atoms with E-state index in [-0.39, 0.29) is 0 Å². The molecular formula is C11H14ClNO4. The third-order valence-corrected chi connectivity index (χ3v) is 1.94. The average molecular weight is 260 g/mol. The molecule has 1 rings (SSSR count). The molecule has 0 saturated carbocycles. The zero-order valence-electron chi connectivity index (χ0n) is 9.26. The standard InChI is InChI=1S/C9H10ClNO2.C2H4O2/c10-7-3-1-6(2-4-7)5-8(11)9(12)13;1-2(3)4/h1-4,8H,5,11H2,(H,12,13);1H3,(H,3,4). The second kappa shape index (κ2) is 7.65. The van der Waals surface area contributed by atoms with Crippen LogP contribution in [0.2, 0.25) is 5.02 Å². The van der Waals surface area contributed by atoms with E-state index in [0.717, 1.165) is 12.5 Å². The zero-order chi connectivity index (χ0) is 13.4. The molecule has 0 radical (unpaired) electrons. The van der Waals surface area contributed by atoms with Crippen LogP contribution in [0.4, 0.5) is 0 Å². The maximum absolute atomic E-state index is 10.4. The van der Waals surface area contributed by atoms with E-state index in [9.17, 15) is 4.79 Å². The zero-order valence-corrected chi connectivity index (χ0v) is 10.0. The SMILES string of the molecule is CC(=O)O.NC(Cc1ccc(Cl)cc1)C(=O)O. The maximum atomic E-state index is 10.4. The number of carbonyl (C=O) groups is 2. The van der Waals surface area contributed by atoms with Gasteiger partial charge in [0.25, 0.3) is 5.97 Å². The van der Waals surface area contributed by atoms with E-state index in [2.05, 4.69) is 0 Å². The lowest BCUT2D eigenvalue weighted by molar-refractivity contribution is -0.138. The number of carboxylic acids is 2. The highest BCUT2D eigenvalue weighted by molar-refractivity contribution is 6.30. The molecular weight excluding hydrogens is 246 g/mol. The van der Waals surface area contributed by atoms with Crippen LogP contribution in [0, 0.1) is 0 Å². The van der Waals surface area contributed by atoms with E-state index in [4.69, 9.17) is 32.3 Å². The fourth-order valence-corrected chi connectivity index (χ4v) is 1.09. The molecule has 1 atom stereocenters. The molecule has 4 N–H and O–H groups in total. The lowest BCUT2D eigenvalue weighted by atomic mass is 10.1. The Bertz CT molecular complexity index is 374. The Labute approximate surface area is 104 Å². The van der Waals surface area contributed by atoms with E-state index < -0.39 is 18.0 Å². The summed E-state index contributed by atoms with van der Waals surface area (Å²) in [6.07, 6.45) is 0.326. The van der Waals surface area contributed by atoms with Crippen molar-refractivity contribution in [3.05, 3.63) is 34.9 Å². The molecule has 0 heterocycles. The van der Waals surface area contributed by atoms with Gasteiger partial charge in [0.2, 0.25) is 0 Å². The summed E-state index contributed by atoms with van der Waals surface area (Å²) in [6.45, 7) is 1.08. The Balaban J connectivity index is 0.000000557. The van der Waals surface area contributed by atoms with E-state index in [1.807, 2.05) is 0 Å². The van der Waals surface area contributed by atoms with Crippen molar-refractivity contribution in [1.29, 1.82) is 0 Å². The van der Waals surface area contributed by atoms with Gasteiger partial charge in [-0.2, -0.15) is 0 Å². The third-order valence-electron chi connectivity index (χ3n) is 1.69. The van der Waals surface area contributed by atoms with Gasteiger partial charge in [-0.25, -0.2) is 0 Å². The van der Waals surface area contributed by atoms with E-state index in [0.29, 0.717) is 11.4 Å². The van der Waals surface area contributed by atoms with Gasteiger partial charge in [0.05, 0.1) is 0 Å². The van der Waals surface area contributed by atoms with Gasteiger partial charge >= 0.3 is 5.97 Å². The van der Waals surface area contributed by atoms with E-state index in [1.54, 1.807) is 24.3 Å². The molecule has 6 heteroatoms. The molecule has 0 saturated heterocycles. The topological polar surface area (TPSA) is 101 Å². The van der Waals surface area contributed by atoms with Crippen LogP contribution in [-0.4, -0.2) is 28.2 Å². The summed E-state index contributed by atoms with van der Waals surface area (Å²) < 4.78 is 0. The summed E-state index contributed by atoms with van der Waals surface area (Å²) in [4.78, 5) is 19.4. The smallest absolute Gasteiger partial charge is 0.320 e. The second-order valence-corrected chi connectivity index (χ2v) is 3.73. The van der Waals surface area contributed by atoms with Crippen LogP contribution in [-0.2, 0) is 16.0 Å². The van der Waals surface area contributed by atoms with E-state index >= 15 is 0 Å². The normalized spacial score (nSPS) is 11.0. The molecule has 0 aliphatic rings. The van der Waals surface area contributed by atoms with Crippen molar-refractivity contribution < 1.29 is 19.8 Å². The van der Waals surface area contributed by atoms with Crippen molar-refractivity contribution in [2.24, 2.45) is 5.73 Å². The first kappa shape index (κ1) is 15.4. The molecule has 0 spiro atoms. The third kappa shape index (κ3) is 8.24. The quantitative estimate of drug-likeness (QED) is 0.761. The van der Waals surface area contributed by atoms with Gasteiger partial charge in [0.15, 0.2) is 0 Å². The van der Waals surface area contributed by atoms with Crippen molar-refractivity contribution in [3.63, 3.8) is 0 Å². The predicted octanol–water partition coefficient (Wildman–Crippen LogP) is 1.39. The van der Waals surface area contributed by atoms with Crippen molar-refractivity contribution in [2.45, 2.75) is 19.4 Å². The largest absolute Gasteiger partial charge is 0.481 e. The Hall–Kier alpha value is -1.59. The number of hydrogen-bond acceptors (Lipinski definition) is 3. The molecule has 1 aromatic carbocycles. The van der Waals surface area contributed by atoms with Crippen LogP contribution >= 0.6 is 11.6 Å². The van der Waals surface area contributed by atoms with Crippen LogP contribution in [0.25, 0.3) is 0 Å². The molecule has 5 nitrogen and oxygen atoms in total. The Morgan fingerprint density at radius 1 is 1.29 bits per heavy atom. The fourth-order valence-electron chi connectivity index (χ4n) is 0.962. The first-order valence-corrected chi connectivity index (χ1v) is 5.13. The molecule has 0 aliphatic heterocycles. The summed E-state index contributed by atoms with van der Waals surface area (Å²) in [5.41, 5.74) is 6.23. The van der Waals surface area contributed by atoms with E-state index in [1.165, 1.54) is 0 Å². The monoisotopic (exact) mass is 259 g/mol. The minimum Gasteiger partial charge on any atom is -0.481 e. The summed E-state index contributed by atoms with van der Waals surface area (Å²) in [5, 5.41) is 16.6. The Morgan fingerprint density at radius 2 is 1.71 bits per heavy atom. The van der Waals surface area contributed by atoms with Crippen LogP contribution in [0.5, 0.6) is 0 Å². The molecule has 0 fully saturated rings. The van der Waals surface area contributed by atoms with Gasteiger partial charge in [-0.05, 0) is 24.1 Å². The van der Waals surface area contributed by atoms with Gasteiger partial charge < -0.3 is 15.9 Å². The summed E-state index contributed by atoms with van der Waals surface area (Å²) in [5.74, 6) is -1.82. The van der Waals surface area contributed by atoms with Crippen molar-refractivity contribution in [1.82, 2.24) is 0 Å². The highest BCUT2D eigenvalue weighted by Gasteiger charge is 2.11. The van der Waals surface area contributed by atoms with Gasteiger partial charge in [-0.3, -0.25) is 9.59 Å². The number of carboxylic acid groups (broad SMARTS) is 2. The number of halogens is 1. The predicted molar refractivity (Wildman–Crippen MR) is 64.1 cm³/mol. The van der Waals surface area contributed by atoms with Gasteiger partial charge in [0, 0.05) is 11.9 Å². The molecule has 94 valence electrons. The molecule has 0 aromatic heterocycles. The first-order chi connectivity index (χ1) is 7.82. The summed E-state index contributed by atoms with van der Waals surface area (Å²) in [7, 11) is 0. The molecule has 1 aromatic rings. The van der Waals surface area contributed by atoms with Gasteiger partial charge in [0.1, 0.15) is 6.04 Å².